The van der Waals surface area contributed by atoms with Crippen LogP contribution in [0, 0.1) is 17.0 Å². The number of carbonyl (C=O) groups excluding carboxylic acids is 1. The quantitative estimate of drug-likeness (QED) is 0.403. The van der Waals surface area contributed by atoms with Gasteiger partial charge in [0.25, 0.3) is 5.91 Å². The first kappa shape index (κ1) is 29.2. The van der Waals surface area contributed by atoms with Gasteiger partial charge in [0.05, 0.1) is 12.2 Å². The van der Waals surface area contributed by atoms with Crippen LogP contribution in [-0.4, -0.2) is 66.6 Å². The second-order valence-electron chi connectivity index (χ2n) is 7.88. The molecule has 36 heavy (non-hydrogen) atoms. The maximum Gasteiger partial charge on any atom is 0.274 e. The summed E-state index contributed by atoms with van der Waals surface area (Å²) in [5, 5.41) is 18.8. The first-order valence-electron chi connectivity index (χ1n) is 11.2. The van der Waals surface area contributed by atoms with E-state index in [4.69, 9.17) is 10.1 Å². The van der Waals surface area contributed by atoms with Gasteiger partial charge in [0.2, 0.25) is 5.43 Å². The Morgan fingerprint density at radius 1 is 1.22 bits per heavy atom. The number of methoxy groups -OCH3 is 2. The number of benzene rings is 1. The second-order valence-corrected chi connectivity index (χ2v) is 9.01. The molecule has 0 atom stereocenters. The molecule has 1 amide bonds. The molecule has 2 aromatic rings. The minimum Gasteiger partial charge on any atom is -0.503 e. The van der Waals surface area contributed by atoms with E-state index in [1.807, 2.05) is 6.92 Å². The first-order valence-corrected chi connectivity index (χ1v) is 12.0. The standard InChI is InChI=1S/C23H25F2N3O4S.C2H6O/c1-3-4-16(11-14-5-6-15(24)12-18(14)25)33-22(26)17-13-28-8-7-27(9-10-32-2)23(31)19(28)21(30)20(17)29;1-3-2/h4-6,12-13,26,30H,3,7-11H2,1-2H3;1-2H3/b16-4+,26-22?;. The smallest absolute Gasteiger partial charge is 0.274 e. The fraction of sp³-hybridized carbons (Fsp3) is 0.400. The van der Waals surface area contributed by atoms with E-state index in [9.17, 15) is 23.5 Å². The van der Waals surface area contributed by atoms with Gasteiger partial charge in [-0.15, -0.1) is 0 Å². The summed E-state index contributed by atoms with van der Waals surface area (Å²) < 4.78 is 38.0. The Balaban J connectivity index is 0.00000145. The van der Waals surface area contributed by atoms with E-state index >= 15 is 0 Å². The van der Waals surface area contributed by atoms with Crippen LogP contribution in [0.3, 0.4) is 0 Å². The maximum atomic E-state index is 14.1. The summed E-state index contributed by atoms with van der Waals surface area (Å²) in [5.74, 6) is -2.54. The van der Waals surface area contributed by atoms with E-state index in [0.29, 0.717) is 37.6 Å². The molecular weight excluding hydrogens is 492 g/mol. The van der Waals surface area contributed by atoms with Crippen LogP contribution in [0.4, 0.5) is 8.78 Å². The van der Waals surface area contributed by atoms with E-state index in [1.54, 1.807) is 20.3 Å². The molecule has 1 aliphatic rings. The van der Waals surface area contributed by atoms with Gasteiger partial charge in [0, 0.05) is 59.6 Å². The van der Waals surface area contributed by atoms with Crippen LogP contribution in [-0.2, 0) is 22.4 Å². The number of nitrogens with zero attached hydrogens (tertiary/aromatic N) is 2. The van der Waals surface area contributed by atoms with Crippen molar-refractivity contribution in [1.29, 1.82) is 5.41 Å². The lowest BCUT2D eigenvalue weighted by Crippen LogP contribution is -2.43. The lowest BCUT2D eigenvalue weighted by molar-refractivity contribution is 0.0634. The molecule has 0 radical (unpaired) electrons. The van der Waals surface area contributed by atoms with Crippen LogP contribution in [0.1, 0.15) is 35.0 Å². The van der Waals surface area contributed by atoms with E-state index in [2.05, 4.69) is 4.74 Å². The molecule has 0 aliphatic carbocycles. The van der Waals surface area contributed by atoms with E-state index < -0.39 is 28.7 Å². The lowest BCUT2D eigenvalue weighted by atomic mass is 10.1. The zero-order valence-electron chi connectivity index (χ0n) is 20.8. The highest BCUT2D eigenvalue weighted by molar-refractivity contribution is 8.17. The van der Waals surface area contributed by atoms with Crippen LogP contribution in [0.2, 0.25) is 0 Å². The molecule has 1 aliphatic heterocycles. The molecule has 8 nitrogen and oxygen atoms in total. The highest BCUT2D eigenvalue weighted by Gasteiger charge is 2.30. The number of aromatic nitrogens is 1. The molecule has 0 bridgehead atoms. The number of nitrogens with one attached hydrogen (secondary N) is 1. The summed E-state index contributed by atoms with van der Waals surface area (Å²) in [6.45, 7) is 3.27. The van der Waals surface area contributed by atoms with E-state index in [0.717, 1.165) is 17.8 Å². The van der Waals surface area contributed by atoms with Crippen LogP contribution >= 0.6 is 11.8 Å². The number of rotatable bonds is 8. The highest BCUT2D eigenvalue weighted by Crippen LogP contribution is 2.28. The molecule has 1 aromatic carbocycles. The van der Waals surface area contributed by atoms with Gasteiger partial charge in [0.15, 0.2) is 11.4 Å². The molecular formula is C25H31F2N3O5S. The van der Waals surface area contributed by atoms with E-state index in [1.165, 1.54) is 34.9 Å². The Morgan fingerprint density at radius 2 is 1.92 bits per heavy atom. The largest absolute Gasteiger partial charge is 0.503 e. The van der Waals surface area contributed by atoms with Crippen molar-refractivity contribution in [3.63, 3.8) is 0 Å². The number of halogens is 2. The predicted molar refractivity (Wildman–Crippen MR) is 136 cm³/mol. The Hall–Kier alpha value is -3.02. The Kier molecular flexibility index (Phi) is 11.3. The monoisotopic (exact) mass is 523 g/mol. The van der Waals surface area contributed by atoms with Crippen LogP contribution in [0.25, 0.3) is 0 Å². The van der Waals surface area contributed by atoms with Gasteiger partial charge in [-0.25, -0.2) is 8.78 Å². The molecule has 11 heteroatoms. The van der Waals surface area contributed by atoms with Crippen molar-refractivity contribution in [2.75, 3.05) is 41.0 Å². The predicted octanol–water partition coefficient (Wildman–Crippen LogP) is 3.79. The molecule has 2 N–H and O–H groups in total. The van der Waals surface area contributed by atoms with E-state index in [-0.39, 0.29) is 28.3 Å². The number of allylic oxidation sites excluding steroid dienone is 2. The highest BCUT2D eigenvalue weighted by atomic mass is 32.2. The van der Waals surface area contributed by atoms with Crippen molar-refractivity contribution < 1.29 is 28.2 Å². The third kappa shape index (κ3) is 7.25. The van der Waals surface area contributed by atoms with Crippen molar-refractivity contribution in [1.82, 2.24) is 9.47 Å². The third-order valence-corrected chi connectivity index (χ3v) is 6.21. The maximum absolute atomic E-state index is 14.1. The molecule has 196 valence electrons. The van der Waals surface area contributed by atoms with Gasteiger partial charge in [-0.05, 0) is 23.0 Å². The molecule has 2 heterocycles. The van der Waals surface area contributed by atoms with Gasteiger partial charge >= 0.3 is 0 Å². The van der Waals surface area contributed by atoms with Crippen LogP contribution in [0.5, 0.6) is 5.75 Å². The molecule has 3 rings (SSSR count). The normalized spacial score (nSPS) is 13.2. The molecule has 1 aromatic heterocycles. The zero-order valence-corrected chi connectivity index (χ0v) is 21.6. The summed E-state index contributed by atoms with van der Waals surface area (Å²) >= 11 is 0.964. The number of aromatic hydroxyl groups is 1. The van der Waals surface area contributed by atoms with Crippen molar-refractivity contribution in [3.8, 4) is 5.75 Å². The van der Waals surface area contributed by atoms with Crippen molar-refractivity contribution in [2.24, 2.45) is 0 Å². The second kappa shape index (κ2) is 13.9. The van der Waals surface area contributed by atoms with Crippen LogP contribution in [0.15, 0.2) is 40.2 Å². The SMILES string of the molecule is CC/C=C(\Cc1ccc(F)cc1F)SC(=N)c1cn2c(c(O)c1=O)C(=O)N(CCOC)CC2.COC. The van der Waals surface area contributed by atoms with Gasteiger partial charge in [-0.1, -0.05) is 30.8 Å². The fourth-order valence-corrected chi connectivity index (χ4v) is 4.52. The van der Waals surface area contributed by atoms with Crippen molar-refractivity contribution >= 4 is 22.7 Å². The number of ether oxygens (including phenoxy) is 2. The van der Waals surface area contributed by atoms with Crippen molar-refractivity contribution in [3.05, 3.63) is 74.1 Å². The number of hydrogen-bond acceptors (Lipinski definition) is 7. The summed E-state index contributed by atoms with van der Waals surface area (Å²) in [6, 6.07) is 3.31. The first-order chi connectivity index (χ1) is 17.2. The minimum atomic E-state index is -0.815. The molecule has 0 saturated heterocycles. The summed E-state index contributed by atoms with van der Waals surface area (Å²) in [5.41, 5.74) is -0.713. The molecule has 0 unspecified atom stereocenters. The number of amides is 1. The zero-order chi connectivity index (χ0) is 26.8. The molecule has 0 spiro atoms. The van der Waals surface area contributed by atoms with Gasteiger partial charge in [-0.3, -0.25) is 15.0 Å². The molecule has 0 saturated carbocycles. The summed E-state index contributed by atoms with van der Waals surface area (Å²) in [7, 11) is 4.77. The Bertz CT molecular complexity index is 1180. The van der Waals surface area contributed by atoms with Crippen LogP contribution < -0.4 is 5.43 Å². The number of carbonyl (C=O) groups is 1. The Labute approximate surface area is 213 Å². The van der Waals surface area contributed by atoms with Crippen molar-refractivity contribution in [2.45, 2.75) is 26.3 Å². The third-order valence-electron chi connectivity index (χ3n) is 5.21. The number of thioether (sulfide) groups is 1. The Morgan fingerprint density at radius 3 is 2.53 bits per heavy atom. The number of hydrogen-bond donors (Lipinski definition) is 2. The summed E-state index contributed by atoms with van der Waals surface area (Å²) in [4.78, 5) is 27.6. The minimum absolute atomic E-state index is 0.0547. The average molecular weight is 524 g/mol. The van der Waals surface area contributed by atoms with Gasteiger partial charge in [-0.2, -0.15) is 0 Å². The topological polar surface area (TPSA) is 105 Å². The number of fused-ring (bicyclic) bond motifs is 1. The number of pyridine rings is 1. The summed E-state index contributed by atoms with van der Waals surface area (Å²) in [6.07, 6.45) is 3.94. The lowest BCUT2D eigenvalue weighted by Gasteiger charge is -2.30. The molecule has 0 fully saturated rings. The van der Waals surface area contributed by atoms with Gasteiger partial charge in [0.1, 0.15) is 16.7 Å². The average Bonchev–Trinajstić information content (AvgIpc) is 2.83. The fourth-order valence-electron chi connectivity index (χ4n) is 3.52. The van der Waals surface area contributed by atoms with Gasteiger partial charge < -0.3 is 24.0 Å².